The van der Waals surface area contributed by atoms with Crippen molar-refractivity contribution in [3.8, 4) is 67.8 Å². The van der Waals surface area contributed by atoms with Crippen LogP contribution in [0.15, 0.2) is 218 Å². The van der Waals surface area contributed by atoms with Gasteiger partial charge in [-0.25, -0.2) is 9.83 Å². The topological polar surface area (TPSA) is 52.9 Å². The van der Waals surface area contributed by atoms with E-state index >= 15 is 0 Å². The van der Waals surface area contributed by atoms with Gasteiger partial charge in [-0.1, -0.05) is 164 Å². The molecule has 0 N–H and O–H groups in total. The first-order valence-electron chi connectivity index (χ1n) is 21.3. The second-order valence-electron chi connectivity index (χ2n) is 15.9. The smallest absolute Gasteiger partial charge is 0.238 e. The van der Waals surface area contributed by atoms with E-state index < -0.39 is 0 Å². The minimum Gasteiger partial charge on any atom is -0.309 e. The normalized spacial score (nSPS) is 11.4. The molecule has 0 saturated carbocycles. The molecule has 3 aromatic heterocycles. The van der Waals surface area contributed by atoms with Crippen LogP contribution in [-0.4, -0.2) is 24.1 Å². The Morgan fingerprint density at radius 3 is 1.33 bits per heavy atom. The van der Waals surface area contributed by atoms with E-state index in [1.807, 2.05) is 54.6 Å². The lowest BCUT2D eigenvalue weighted by molar-refractivity contribution is 0.953. The fourth-order valence-electron chi connectivity index (χ4n) is 9.17. The standard InChI is InChI=1S/C58H36N6/c1-59-45-30-25-40(26-31-45)48-37-44(57-60-56(41-19-9-4-10-20-41)61-58(62-57)64-51-23-13-11-21-46(51)47-22-12-14-24-52(47)64)29-34-53(48)63-54-32-27-42(38-15-5-2-6-16-38)35-49(54)50-36-43(28-33-55(50)63)39-17-7-3-8-18-39/h2-37H. The zero-order chi connectivity index (χ0) is 42.6. The predicted molar refractivity (Wildman–Crippen MR) is 262 cm³/mol. The number of nitrogens with zero attached hydrogens (tertiary/aromatic N) is 6. The van der Waals surface area contributed by atoms with Gasteiger partial charge >= 0.3 is 0 Å². The molecule has 12 aromatic rings. The summed E-state index contributed by atoms with van der Waals surface area (Å²) in [6.07, 6.45) is 0. The van der Waals surface area contributed by atoms with Gasteiger partial charge in [0.2, 0.25) is 5.95 Å². The van der Waals surface area contributed by atoms with Crippen LogP contribution in [0.4, 0.5) is 5.69 Å². The van der Waals surface area contributed by atoms with Crippen molar-refractivity contribution in [1.82, 2.24) is 24.1 Å². The van der Waals surface area contributed by atoms with E-state index in [1.54, 1.807) is 0 Å². The van der Waals surface area contributed by atoms with E-state index in [2.05, 4.69) is 178 Å². The fraction of sp³-hybridized carbons (Fsp3) is 0. The van der Waals surface area contributed by atoms with E-state index in [0.717, 1.165) is 82.7 Å². The Labute approximate surface area is 369 Å². The van der Waals surface area contributed by atoms with Crippen LogP contribution in [0.1, 0.15) is 0 Å². The fourth-order valence-corrected chi connectivity index (χ4v) is 9.17. The molecule has 3 heterocycles. The number of hydrogen-bond acceptors (Lipinski definition) is 3. The molecule has 0 saturated heterocycles. The monoisotopic (exact) mass is 816 g/mol. The Hall–Kier alpha value is -8.92. The van der Waals surface area contributed by atoms with Gasteiger partial charge in [0, 0.05) is 38.2 Å². The van der Waals surface area contributed by atoms with E-state index in [4.69, 9.17) is 21.5 Å². The molecule has 0 amide bonds. The Morgan fingerprint density at radius 2 is 0.781 bits per heavy atom. The molecule has 0 spiro atoms. The third-order valence-electron chi connectivity index (χ3n) is 12.2. The highest BCUT2D eigenvalue weighted by Crippen LogP contribution is 2.41. The second kappa shape index (κ2) is 15.2. The van der Waals surface area contributed by atoms with E-state index in [-0.39, 0.29) is 0 Å². The zero-order valence-electron chi connectivity index (χ0n) is 34.5. The minimum atomic E-state index is 0.541. The zero-order valence-corrected chi connectivity index (χ0v) is 34.5. The highest BCUT2D eigenvalue weighted by molar-refractivity contribution is 6.12. The van der Waals surface area contributed by atoms with Crippen molar-refractivity contribution in [2.24, 2.45) is 0 Å². The first-order chi connectivity index (χ1) is 31.7. The molecule has 0 aliphatic rings. The maximum atomic E-state index is 7.73. The lowest BCUT2D eigenvalue weighted by Gasteiger charge is -2.17. The quantitative estimate of drug-likeness (QED) is 0.151. The van der Waals surface area contributed by atoms with Crippen LogP contribution >= 0.6 is 0 Å². The highest BCUT2D eigenvalue weighted by Gasteiger charge is 2.21. The van der Waals surface area contributed by atoms with Gasteiger partial charge in [-0.05, 0) is 82.4 Å². The van der Waals surface area contributed by atoms with Crippen molar-refractivity contribution in [1.29, 1.82) is 0 Å². The molecule has 6 nitrogen and oxygen atoms in total. The van der Waals surface area contributed by atoms with Crippen molar-refractivity contribution in [3.05, 3.63) is 230 Å². The minimum absolute atomic E-state index is 0.541. The summed E-state index contributed by atoms with van der Waals surface area (Å²) in [5.74, 6) is 1.68. The number of para-hydroxylation sites is 2. The third kappa shape index (κ3) is 6.22. The van der Waals surface area contributed by atoms with Crippen molar-refractivity contribution >= 4 is 49.3 Å². The molecule has 6 heteroatoms. The Kier molecular flexibility index (Phi) is 8.77. The Balaban J connectivity index is 1.11. The molecule has 0 aliphatic carbocycles. The summed E-state index contributed by atoms with van der Waals surface area (Å²) in [5, 5.41) is 4.59. The Bertz CT molecular complexity index is 3620. The number of aromatic nitrogens is 5. The summed E-state index contributed by atoms with van der Waals surface area (Å²) >= 11 is 0. The van der Waals surface area contributed by atoms with Crippen molar-refractivity contribution < 1.29 is 0 Å². The van der Waals surface area contributed by atoms with Gasteiger partial charge in [0.15, 0.2) is 17.3 Å². The molecule has 298 valence electrons. The molecule has 0 unspecified atom stereocenters. The largest absolute Gasteiger partial charge is 0.309 e. The summed E-state index contributed by atoms with van der Waals surface area (Å²) in [4.78, 5) is 19.4. The highest BCUT2D eigenvalue weighted by atomic mass is 15.2. The van der Waals surface area contributed by atoms with Gasteiger partial charge in [-0.15, -0.1) is 0 Å². The molecule has 64 heavy (non-hydrogen) atoms. The van der Waals surface area contributed by atoms with Crippen molar-refractivity contribution in [3.63, 3.8) is 0 Å². The van der Waals surface area contributed by atoms with Gasteiger partial charge in [0.05, 0.1) is 34.3 Å². The summed E-state index contributed by atoms with van der Waals surface area (Å²) in [5.41, 5.74) is 14.1. The van der Waals surface area contributed by atoms with Crippen molar-refractivity contribution in [2.75, 3.05) is 0 Å². The van der Waals surface area contributed by atoms with Crippen LogP contribution in [0.3, 0.4) is 0 Å². The van der Waals surface area contributed by atoms with Crippen LogP contribution in [0, 0.1) is 6.57 Å². The van der Waals surface area contributed by atoms with E-state index in [1.165, 1.54) is 11.1 Å². The molecule has 0 aliphatic heterocycles. The molecule has 0 bridgehead atoms. The average molecular weight is 817 g/mol. The average Bonchev–Trinajstić information content (AvgIpc) is 3.89. The van der Waals surface area contributed by atoms with Crippen molar-refractivity contribution in [2.45, 2.75) is 0 Å². The molecule has 0 fully saturated rings. The first-order valence-corrected chi connectivity index (χ1v) is 21.3. The summed E-state index contributed by atoms with van der Waals surface area (Å²) in [7, 11) is 0. The molecule has 0 atom stereocenters. The number of benzene rings is 9. The SMILES string of the molecule is [C-]#[N+]c1ccc(-c2cc(-c3nc(-c4ccccc4)nc(-n4c5ccccc5c5ccccc54)n3)ccc2-n2c3ccc(-c4ccccc4)cc3c3cc(-c4ccccc4)ccc32)cc1. The van der Waals surface area contributed by atoms with E-state index in [9.17, 15) is 0 Å². The molecule has 12 rings (SSSR count). The number of fused-ring (bicyclic) bond motifs is 6. The van der Waals surface area contributed by atoms with Gasteiger partial charge in [0.1, 0.15) is 0 Å². The van der Waals surface area contributed by atoms with E-state index in [0.29, 0.717) is 23.3 Å². The van der Waals surface area contributed by atoms with Crippen LogP contribution < -0.4 is 0 Å². The van der Waals surface area contributed by atoms with Gasteiger partial charge < -0.3 is 4.57 Å². The molecular weight excluding hydrogens is 781 g/mol. The molecular formula is C58H36N6. The predicted octanol–water partition coefficient (Wildman–Crippen LogP) is 15.0. The lowest BCUT2D eigenvalue weighted by atomic mass is 9.99. The lowest BCUT2D eigenvalue weighted by Crippen LogP contribution is -2.06. The van der Waals surface area contributed by atoms with Crippen LogP contribution in [0.25, 0.3) is 116 Å². The summed E-state index contributed by atoms with van der Waals surface area (Å²) < 4.78 is 4.52. The number of hydrogen-bond donors (Lipinski definition) is 0. The van der Waals surface area contributed by atoms with Gasteiger partial charge in [-0.2, -0.15) is 9.97 Å². The molecule has 0 radical (unpaired) electrons. The van der Waals surface area contributed by atoms with Crippen LogP contribution in [0.2, 0.25) is 0 Å². The van der Waals surface area contributed by atoms with Crippen LogP contribution in [-0.2, 0) is 0 Å². The van der Waals surface area contributed by atoms with Crippen LogP contribution in [0.5, 0.6) is 0 Å². The molecule has 9 aromatic carbocycles. The summed E-state index contributed by atoms with van der Waals surface area (Å²) in [6.45, 7) is 7.73. The van der Waals surface area contributed by atoms with Gasteiger partial charge in [-0.3, -0.25) is 4.57 Å². The van der Waals surface area contributed by atoms with Gasteiger partial charge in [0.25, 0.3) is 0 Å². The Morgan fingerprint density at radius 1 is 0.328 bits per heavy atom. The third-order valence-corrected chi connectivity index (χ3v) is 12.2. The second-order valence-corrected chi connectivity index (χ2v) is 15.9. The first kappa shape index (κ1) is 36.9. The maximum Gasteiger partial charge on any atom is 0.238 e. The number of rotatable bonds is 7. The maximum absolute atomic E-state index is 7.73. The summed E-state index contributed by atoms with van der Waals surface area (Å²) in [6, 6.07) is 76.0.